The molecule has 0 heterocycles. The summed E-state index contributed by atoms with van der Waals surface area (Å²) in [5, 5.41) is 18.3. The molecule has 0 spiro atoms. The molecule has 0 saturated heterocycles. The van der Waals surface area contributed by atoms with Gasteiger partial charge in [0.1, 0.15) is 0 Å². The van der Waals surface area contributed by atoms with Crippen molar-refractivity contribution in [3.05, 3.63) is 0 Å². The smallest absolute Gasteiger partial charge is 0.208 e. The molecule has 0 aliphatic carbocycles. The largest absolute Gasteiger partial charge is 0.395 e. The van der Waals surface area contributed by atoms with Gasteiger partial charge in [0.15, 0.2) is 5.17 Å². The van der Waals surface area contributed by atoms with Crippen LogP contribution in [0, 0.1) is 11.5 Å². The highest BCUT2D eigenvalue weighted by Gasteiger charge is 2.18. The molecule has 0 atom stereocenters. The van der Waals surface area contributed by atoms with Gasteiger partial charge in [0.2, 0.25) is 6.19 Å². The van der Waals surface area contributed by atoms with Gasteiger partial charge in [-0.15, -0.1) is 4.99 Å². The molecule has 0 aromatic rings. The molecule has 0 amide bonds. The van der Waals surface area contributed by atoms with Crippen molar-refractivity contribution in [2.45, 2.75) is 32.7 Å². The Morgan fingerprint density at radius 3 is 2.47 bits per heavy atom. The van der Waals surface area contributed by atoms with Gasteiger partial charge in [-0.2, -0.15) is 5.26 Å². The summed E-state index contributed by atoms with van der Waals surface area (Å²) >= 11 is 1.44. The maximum absolute atomic E-state index is 9.00. The second kappa shape index (κ2) is 8.57. The van der Waals surface area contributed by atoms with E-state index in [9.17, 15) is 0 Å². The summed E-state index contributed by atoms with van der Waals surface area (Å²) in [4.78, 5) is 5.79. The summed E-state index contributed by atoms with van der Waals surface area (Å²) in [6.07, 6.45) is 5.67. The van der Waals surface area contributed by atoms with Gasteiger partial charge in [-0.25, -0.2) is 0 Å². The van der Waals surface area contributed by atoms with Crippen molar-refractivity contribution in [1.82, 2.24) is 4.90 Å². The Labute approximate surface area is 96.0 Å². The zero-order chi connectivity index (χ0) is 11.7. The van der Waals surface area contributed by atoms with Crippen molar-refractivity contribution >= 4 is 16.9 Å². The number of hydrogen-bond donors (Lipinski definition) is 1. The van der Waals surface area contributed by atoms with Gasteiger partial charge in [-0.3, -0.25) is 0 Å². The minimum atomic E-state index is 0.0848. The van der Waals surface area contributed by atoms with Gasteiger partial charge in [0, 0.05) is 12.6 Å². The molecule has 0 aliphatic heterocycles. The molecule has 0 aliphatic rings. The van der Waals surface area contributed by atoms with Crippen LogP contribution in [0.25, 0.3) is 0 Å². The van der Waals surface area contributed by atoms with Crippen LogP contribution in [-0.2, 0) is 0 Å². The highest BCUT2D eigenvalue weighted by molar-refractivity contribution is 8.13. The highest BCUT2D eigenvalue weighted by Crippen LogP contribution is 2.14. The number of rotatable bonds is 5. The number of thioether (sulfide) groups is 1. The van der Waals surface area contributed by atoms with Gasteiger partial charge in [0.25, 0.3) is 0 Å². The molecule has 0 saturated carbocycles. The van der Waals surface area contributed by atoms with Gasteiger partial charge < -0.3 is 10.0 Å². The standard InChI is InChI=1S/C10H19N3OS/c1-4-9(5-2)13(6-7-14)10(15-3)12-8-11/h9,14H,4-7H2,1-3H3. The molecule has 0 aromatic carbocycles. The average molecular weight is 229 g/mol. The molecular weight excluding hydrogens is 210 g/mol. The van der Waals surface area contributed by atoms with Crippen LogP contribution in [0.1, 0.15) is 26.7 Å². The average Bonchev–Trinajstić information content (AvgIpc) is 2.26. The Bertz CT molecular complexity index is 233. The summed E-state index contributed by atoms with van der Waals surface area (Å²) in [6, 6.07) is 0.344. The zero-order valence-corrected chi connectivity index (χ0v) is 10.4. The van der Waals surface area contributed by atoms with Crippen LogP contribution >= 0.6 is 11.8 Å². The highest BCUT2D eigenvalue weighted by atomic mass is 32.2. The maximum Gasteiger partial charge on any atom is 0.208 e. The molecule has 4 nitrogen and oxygen atoms in total. The lowest BCUT2D eigenvalue weighted by atomic mass is 10.1. The van der Waals surface area contributed by atoms with Crippen LogP contribution in [0.4, 0.5) is 0 Å². The van der Waals surface area contributed by atoms with Crippen LogP contribution in [-0.4, -0.2) is 40.6 Å². The third-order valence-electron chi connectivity index (χ3n) is 2.30. The van der Waals surface area contributed by atoms with Crippen molar-refractivity contribution in [2.24, 2.45) is 4.99 Å². The van der Waals surface area contributed by atoms with E-state index in [1.54, 1.807) is 6.19 Å². The molecule has 0 radical (unpaired) electrons. The SMILES string of the molecule is CCC(CC)N(CCO)C(=NC#N)SC. The maximum atomic E-state index is 9.00. The molecule has 15 heavy (non-hydrogen) atoms. The monoisotopic (exact) mass is 229 g/mol. The predicted octanol–water partition coefficient (Wildman–Crippen LogP) is 1.67. The number of aliphatic hydroxyl groups is 1. The Balaban J connectivity index is 4.76. The first-order chi connectivity index (χ1) is 7.24. The zero-order valence-electron chi connectivity index (χ0n) is 9.60. The number of hydrogen-bond acceptors (Lipinski definition) is 4. The van der Waals surface area contributed by atoms with E-state index in [0.29, 0.717) is 17.8 Å². The van der Waals surface area contributed by atoms with Gasteiger partial charge >= 0.3 is 0 Å². The molecule has 0 fully saturated rings. The number of aliphatic imine (C=N–C) groups is 1. The Hall–Kier alpha value is -0.730. The Morgan fingerprint density at radius 2 is 2.13 bits per heavy atom. The summed E-state index contributed by atoms with van der Waals surface area (Å²) in [7, 11) is 0. The molecule has 5 heteroatoms. The van der Waals surface area contributed by atoms with E-state index in [2.05, 4.69) is 18.8 Å². The van der Waals surface area contributed by atoms with Gasteiger partial charge in [-0.05, 0) is 19.1 Å². The fourth-order valence-electron chi connectivity index (χ4n) is 1.54. The van der Waals surface area contributed by atoms with Crippen LogP contribution in [0.3, 0.4) is 0 Å². The molecule has 0 rings (SSSR count). The van der Waals surface area contributed by atoms with E-state index in [-0.39, 0.29) is 6.61 Å². The first-order valence-electron chi connectivity index (χ1n) is 5.13. The lowest BCUT2D eigenvalue weighted by Crippen LogP contribution is -2.40. The Kier molecular flexibility index (Phi) is 8.15. The van der Waals surface area contributed by atoms with E-state index in [1.807, 2.05) is 11.2 Å². The van der Waals surface area contributed by atoms with E-state index < -0.39 is 0 Å². The fraction of sp³-hybridized carbons (Fsp3) is 0.800. The van der Waals surface area contributed by atoms with Crippen molar-refractivity contribution in [3.8, 4) is 6.19 Å². The normalized spacial score (nSPS) is 11.6. The fourth-order valence-corrected chi connectivity index (χ4v) is 2.15. The van der Waals surface area contributed by atoms with Gasteiger partial charge in [-0.1, -0.05) is 25.6 Å². The van der Waals surface area contributed by atoms with Crippen LogP contribution < -0.4 is 0 Å². The van der Waals surface area contributed by atoms with Gasteiger partial charge in [0.05, 0.1) is 6.61 Å². The summed E-state index contributed by atoms with van der Waals surface area (Å²) < 4.78 is 0. The summed E-state index contributed by atoms with van der Waals surface area (Å²) in [5.74, 6) is 0. The van der Waals surface area contributed by atoms with Crippen molar-refractivity contribution < 1.29 is 5.11 Å². The van der Waals surface area contributed by atoms with E-state index in [0.717, 1.165) is 12.8 Å². The van der Waals surface area contributed by atoms with Crippen molar-refractivity contribution in [2.75, 3.05) is 19.4 Å². The second-order valence-corrected chi connectivity index (χ2v) is 3.86. The lowest BCUT2D eigenvalue weighted by molar-refractivity contribution is 0.215. The number of nitriles is 1. The van der Waals surface area contributed by atoms with Crippen molar-refractivity contribution in [1.29, 1.82) is 5.26 Å². The van der Waals surface area contributed by atoms with Crippen molar-refractivity contribution in [3.63, 3.8) is 0 Å². The summed E-state index contributed by atoms with van der Waals surface area (Å²) in [6.45, 7) is 4.82. The minimum absolute atomic E-state index is 0.0848. The Morgan fingerprint density at radius 1 is 1.53 bits per heavy atom. The first-order valence-corrected chi connectivity index (χ1v) is 6.35. The van der Waals surface area contributed by atoms with E-state index >= 15 is 0 Å². The molecule has 0 unspecified atom stereocenters. The van der Waals surface area contributed by atoms with Crippen LogP contribution in [0.2, 0.25) is 0 Å². The third-order valence-corrected chi connectivity index (χ3v) is 2.99. The molecular formula is C10H19N3OS. The molecule has 1 N–H and O–H groups in total. The van der Waals surface area contributed by atoms with E-state index in [4.69, 9.17) is 10.4 Å². The predicted molar refractivity (Wildman–Crippen MR) is 64.7 cm³/mol. The second-order valence-electron chi connectivity index (χ2n) is 3.09. The molecule has 0 aromatic heterocycles. The topological polar surface area (TPSA) is 59.6 Å². The van der Waals surface area contributed by atoms with E-state index in [1.165, 1.54) is 11.8 Å². The van der Waals surface area contributed by atoms with Crippen LogP contribution in [0.15, 0.2) is 4.99 Å². The lowest BCUT2D eigenvalue weighted by Gasteiger charge is -2.31. The third kappa shape index (κ3) is 4.54. The first kappa shape index (κ1) is 14.3. The molecule has 0 bridgehead atoms. The minimum Gasteiger partial charge on any atom is -0.395 e. The van der Waals surface area contributed by atoms with Crippen LogP contribution in [0.5, 0.6) is 0 Å². The summed E-state index contributed by atoms with van der Waals surface area (Å²) in [5.41, 5.74) is 0. The number of nitrogens with zero attached hydrogens (tertiary/aromatic N) is 3. The number of amidine groups is 1. The molecule has 86 valence electrons. The number of aliphatic hydroxyl groups excluding tert-OH is 1. The quantitative estimate of drug-likeness (QED) is 0.442.